The number of ether oxygens (including phenoxy) is 5. The summed E-state index contributed by atoms with van der Waals surface area (Å²) in [6.45, 7) is 4.92. The van der Waals surface area contributed by atoms with Gasteiger partial charge in [-0.2, -0.15) is 0 Å². The van der Waals surface area contributed by atoms with Crippen molar-refractivity contribution in [2.45, 2.75) is 52.3 Å². The first-order valence-electron chi connectivity index (χ1n) is 12.3. The number of nitrogens with zero attached hydrogens (tertiary/aromatic N) is 1. The molecule has 11 heteroatoms. The SMILES string of the molecule is CO[C@@H](Oc1ccc(/C(O)=C/c2ccc3ccccc3n2)c(O)c1)[C@H](OC(C)=O)[C@@H](OC(C)=O)[C@@H](C)OC(C)=O. The van der Waals surface area contributed by atoms with Crippen LogP contribution in [0.2, 0.25) is 0 Å². The molecule has 40 heavy (non-hydrogen) atoms. The van der Waals surface area contributed by atoms with E-state index >= 15 is 0 Å². The molecule has 0 amide bonds. The van der Waals surface area contributed by atoms with Crippen LogP contribution in [0.4, 0.5) is 0 Å². The van der Waals surface area contributed by atoms with Gasteiger partial charge in [0.1, 0.15) is 23.4 Å². The maximum absolute atomic E-state index is 11.9. The summed E-state index contributed by atoms with van der Waals surface area (Å²) in [6.07, 6.45) is -3.63. The lowest BCUT2D eigenvalue weighted by Crippen LogP contribution is -2.51. The Morgan fingerprint density at radius 2 is 1.52 bits per heavy atom. The fraction of sp³-hybridized carbons (Fsp3) is 0.310. The maximum Gasteiger partial charge on any atom is 0.303 e. The molecule has 0 aliphatic rings. The number of phenols is 1. The summed E-state index contributed by atoms with van der Waals surface area (Å²) < 4.78 is 27.0. The number of aromatic hydroxyl groups is 1. The van der Waals surface area contributed by atoms with Crippen LogP contribution in [0, 0.1) is 0 Å². The summed E-state index contributed by atoms with van der Waals surface area (Å²) in [4.78, 5) is 39.7. The molecule has 3 rings (SSSR count). The van der Waals surface area contributed by atoms with Gasteiger partial charge in [-0.3, -0.25) is 14.4 Å². The lowest BCUT2D eigenvalue weighted by atomic mass is 10.1. The van der Waals surface area contributed by atoms with Crippen LogP contribution in [-0.4, -0.2) is 64.8 Å². The van der Waals surface area contributed by atoms with Crippen molar-refractivity contribution in [3.05, 3.63) is 65.9 Å². The minimum Gasteiger partial charge on any atom is -0.507 e. The number of benzene rings is 2. The van der Waals surface area contributed by atoms with E-state index in [1.807, 2.05) is 30.3 Å². The van der Waals surface area contributed by atoms with Gasteiger partial charge in [-0.05, 0) is 31.2 Å². The van der Waals surface area contributed by atoms with E-state index in [0.29, 0.717) is 5.69 Å². The van der Waals surface area contributed by atoms with E-state index in [9.17, 15) is 24.6 Å². The van der Waals surface area contributed by atoms with Crippen molar-refractivity contribution in [1.29, 1.82) is 0 Å². The number of phenolic OH excluding ortho intramolecular Hbond substituents is 1. The van der Waals surface area contributed by atoms with Gasteiger partial charge in [0.2, 0.25) is 12.4 Å². The van der Waals surface area contributed by atoms with Gasteiger partial charge in [0.15, 0.2) is 6.10 Å². The van der Waals surface area contributed by atoms with Crippen molar-refractivity contribution < 1.29 is 48.3 Å². The molecule has 0 saturated carbocycles. The zero-order valence-corrected chi connectivity index (χ0v) is 22.7. The van der Waals surface area contributed by atoms with Gasteiger partial charge in [-0.15, -0.1) is 0 Å². The molecule has 0 spiro atoms. The normalized spacial score (nSPS) is 14.5. The number of hydrogen-bond donors (Lipinski definition) is 2. The van der Waals surface area contributed by atoms with E-state index in [2.05, 4.69) is 4.98 Å². The lowest BCUT2D eigenvalue weighted by molar-refractivity contribution is -0.215. The molecule has 0 radical (unpaired) electrons. The summed E-state index contributed by atoms with van der Waals surface area (Å²) in [5, 5.41) is 22.3. The highest BCUT2D eigenvalue weighted by atomic mass is 16.7. The molecule has 1 heterocycles. The molecular weight excluding hydrogens is 522 g/mol. The highest BCUT2D eigenvalue weighted by Gasteiger charge is 2.41. The molecule has 2 aromatic carbocycles. The summed E-state index contributed by atoms with van der Waals surface area (Å²) in [6, 6.07) is 15.2. The molecule has 11 nitrogen and oxygen atoms in total. The first-order chi connectivity index (χ1) is 19.0. The molecule has 0 bridgehead atoms. The van der Waals surface area contributed by atoms with Gasteiger partial charge < -0.3 is 33.9 Å². The third-order valence-electron chi connectivity index (χ3n) is 5.64. The summed E-state index contributed by atoms with van der Waals surface area (Å²) in [5.74, 6) is -2.59. The minimum absolute atomic E-state index is 0.0728. The Morgan fingerprint density at radius 1 is 0.875 bits per heavy atom. The van der Waals surface area contributed by atoms with Crippen molar-refractivity contribution in [2.75, 3.05) is 7.11 Å². The summed E-state index contributed by atoms with van der Waals surface area (Å²) in [7, 11) is 1.27. The molecule has 212 valence electrons. The van der Waals surface area contributed by atoms with E-state index in [4.69, 9.17) is 23.7 Å². The van der Waals surface area contributed by atoms with Crippen LogP contribution in [0.1, 0.15) is 39.0 Å². The number of pyridine rings is 1. The molecular formula is C29H31NO10. The monoisotopic (exact) mass is 553 g/mol. The number of carbonyl (C=O) groups excluding carboxylic acids is 3. The number of fused-ring (bicyclic) bond motifs is 1. The molecule has 0 fully saturated rings. The van der Waals surface area contributed by atoms with E-state index in [1.54, 1.807) is 6.07 Å². The van der Waals surface area contributed by atoms with Crippen molar-refractivity contribution in [3.63, 3.8) is 0 Å². The summed E-state index contributed by atoms with van der Waals surface area (Å²) >= 11 is 0. The van der Waals surface area contributed by atoms with Crippen LogP contribution in [0.25, 0.3) is 22.7 Å². The van der Waals surface area contributed by atoms with Crippen LogP contribution in [0.15, 0.2) is 54.6 Å². The molecule has 0 aliphatic heterocycles. The second kappa shape index (κ2) is 13.4. The van der Waals surface area contributed by atoms with E-state index < -0.39 is 42.5 Å². The van der Waals surface area contributed by atoms with Gasteiger partial charge in [0, 0.05) is 45.4 Å². The Hall–Kier alpha value is -4.64. The number of para-hydroxylation sites is 1. The predicted molar refractivity (Wildman–Crippen MR) is 144 cm³/mol. The number of carbonyl (C=O) groups is 3. The average molecular weight is 554 g/mol. The third-order valence-corrected chi connectivity index (χ3v) is 5.64. The number of aliphatic hydroxyl groups is 1. The van der Waals surface area contributed by atoms with Crippen molar-refractivity contribution in [2.24, 2.45) is 0 Å². The lowest BCUT2D eigenvalue weighted by Gasteiger charge is -2.34. The van der Waals surface area contributed by atoms with Crippen molar-refractivity contribution >= 4 is 40.6 Å². The predicted octanol–water partition coefficient (Wildman–Crippen LogP) is 4.16. The Labute approximate surface area is 230 Å². The number of aromatic nitrogens is 1. The Bertz CT molecular complexity index is 1400. The first kappa shape index (κ1) is 29.9. The summed E-state index contributed by atoms with van der Waals surface area (Å²) in [5.41, 5.74) is 1.34. The second-order valence-corrected chi connectivity index (χ2v) is 8.82. The van der Waals surface area contributed by atoms with Gasteiger partial charge in [-0.1, -0.05) is 24.3 Å². The van der Waals surface area contributed by atoms with E-state index in [-0.39, 0.29) is 22.8 Å². The highest BCUT2D eigenvalue weighted by Crippen LogP contribution is 2.31. The molecule has 0 aliphatic carbocycles. The smallest absolute Gasteiger partial charge is 0.303 e. The van der Waals surface area contributed by atoms with Gasteiger partial charge >= 0.3 is 17.9 Å². The molecule has 2 N–H and O–H groups in total. The molecule has 4 atom stereocenters. The maximum atomic E-state index is 11.9. The van der Waals surface area contributed by atoms with Gasteiger partial charge in [0.05, 0.1) is 16.8 Å². The van der Waals surface area contributed by atoms with Crippen LogP contribution in [0.3, 0.4) is 0 Å². The fourth-order valence-electron chi connectivity index (χ4n) is 3.98. The molecule has 0 unspecified atom stereocenters. The highest BCUT2D eigenvalue weighted by molar-refractivity contribution is 5.83. The molecule has 1 aromatic heterocycles. The largest absolute Gasteiger partial charge is 0.507 e. The van der Waals surface area contributed by atoms with Gasteiger partial charge in [0.25, 0.3) is 0 Å². The number of aliphatic hydroxyl groups excluding tert-OH is 1. The third kappa shape index (κ3) is 7.93. The minimum atomic E-state index is -1.37. The van der Waals surface area contributed by atoms with Crippen molar-refractivity contribution in [3.8, 4) is 11.5 Å². The zero-order chi connectivity index (χ0) is 29.4. The van der Waals surface area contributed by atoms with Crippen LogP contribution in [0.5, 0.6) is 11.5 Å². The number of esters is 3. The van der Waals surface area contributed by atoms with Crippen LogP contribution >= 0.6 is 0 Å². The topological polar surface area (TPSA) is 151 Å². The Kier molecular flexibility index (Phi) is 10.0. The van der Waals surface area contributed by atoms with Gasteiger partial charge in [-0.25, -0.2) is 4.98 Å². The fourth-order valence-corrected chi connectivity index (χ4v) is 3.98. The molecule has 3 aromatic rings. The van der Waals surface area contributed by atoms with E-state index in [0.717, 1.165) is 24.8 Å². The molecule has 0 saturated heterocycles. The van der Waals surface area contributed by atoms with Crippen LogP contribution in [-0.2, 0) is 33.3 Å². The van der Waals surface area contributed by atoms with E-state index in [1.165, 1.54) is 45.2 Å². The standard InChI is InChI=1S/C29H31NO10/c1-16(37-17(2)31)27(38-18(3)32)28(39-19(4)33)29(36-5)40-22-12-13-23(26(35)15-22)25(34)14-21-11-10-20-8-6-7-9-24(20)30-21/h6-16,27-29,34-35H,1-5H3/b25-14-/t16-,27+,28-,29+/m1/s1. The quantitative estimate of drug-likeness (QED) is 0.152. The van der Waals surface area contributed by atoms with Crippen LogP contribution < -0.4 is 4.74 Å². The number of rotatable bonds is 11. The second-order valence-electron chi connectivity index (χ2n) is 8.82. The Balaban J connectivity index is 1.87. The Morgan fingerprint density at radius 3 is 2.15 bits per heavy atom. The number of methoxy groups -OCH3 is 1. The van der Waals surface area contributed by atoms with Crippen molar-refractivity contribution in [1.82, 2.24) is 4.98 Å². The zero-order valence-electron chi connectivity index (χ0n) is 22.7. The first-order valence-corrected chi connectivity index (χ1v) is 12.3. The average Bonchev–Trinajstić information content (AvgIpc) is 2.88. The number of hydrogen-bond acceptors (Lipinski definition) is 11.